The number of ether oxygens (including phenoxy) is 2. The molecule has 0 bridgehead atoms. The van der Waals surface area contributed by atoms with Gasteiger partial charge in [0.05, 0.1) is 4.92 Å². The van der Waals surface area contributed by atoms with E-state index >= 15 is 0 Å². The molecule has 0 saturated carbocycles. The van der Waals surface area contributed by atoms with Crippen LogP contribution in [0.4, 0.5) is 24.5 Å². The molecule has 0 radical (unpaired) electrons. The molecule has 2 rings (SSSR count). The van der Waals surface area contributed by atoms with Gasteiger partial charge in [0.15, 0.2) is 0 Å². The predicted molar refractivity (Wildman–Crippen MR) is 101 cm³/mol. The third-order valence-corrected chi connectivity index (χ3v) is 4.32. The quantitative estimate of drug-likeness (QED) is 0.214. The van der Waals surface area contributed by atoms with Gasteiger partial charge >= 0.3 is 13.8 Å². The molecular formula is C16H15ClF3N2O7P. The molecule has 9 nitrogen and oxygen atoms in total. The number of alkyl halides is 3. The summed E-state index contributed by atoms with van der Waals surface area (Å²) in [4.78, 5) is 27.8. The molecule has 0 spiro atoms. The van der Waals surface area contributed by atoms with Crippen LogP contribution in [0.5, 0.6) is 11.5 Å². The van der Waals surface area contributed by atoms with Crippen molar-refractivity contribution >= 4 is 30.6 Å². The summed E-state index contributed by atoms with van der Waals surface area (Å²) >= 11 is 5.73. The highest BCUT2D eigenvalue weighted by Crippen LogP contribution is 2.43. The van der Waals surface area contributed by atoms with Crippen molar-refractivity contribution in [3.8, 4) is 11.5 Å². The highest BCUT2D eigenvalue weighted by atomic mass is 35.5. The zero-order valence-electron chi connectivity index (χ0n) is 14.9. The number of hydrogen-bond acceptors (Lipinski definition) is 6. The highest BCUT2D eigenvalue weighted by Gasteiger charge is 2.37. The molecule has 2 aromatic carbocycles. The molecule has 0 saturated heterocycles. The van der Waals surface area contributed by atoms with Crippen LogP contribution in [0.25, 0.3) is 0 Å². The highest BCUT2D eigenvalue weighted by molar-refractivity contribution is 7.51. The largest absolute Gasteiger partial charge is 0.490 e. The maximum absolute atomic E-state index is 13.3. The standard InChI is InChI=1S/C16H15ClF3N2O7P/c17-10-1-3-11(4-2-10)28-5-6-29-15-8-13(21-9-30(25,26)27)14(22(23)24)7-12(15)16(18,19)20/h1-4,7-8,21H,5-6,9H2,(H2,25,26,27). The van der Waals surface area contributed by atoms with E-state index in [2.05, 4.69) is 5.32 Å². The van der Waals surface area contributed by atoms with Gasteiger partial charge in [0.1, 0.15) is 42.2 Å². The fraction of sp³-hybridized carbons (Fsp3) is 0.250. The normalized spacial score (nSPS) is 11.8. The average molecular weight is 471 g/mol. The van der Waals surface area contributed by atoms with Crippen molar-refractivity contribution in [1.29, 1.82) is 0 Å². The lowest BCUT2D eigenvalue weighted by Gasteiger charge is -2.17. The van der Waals surface area contributed by atoms with Crippen LogP contribution >= 0.6 is 19.2 Å². The van der Waals surface area contributed by atoms with Gasteiger partial charge in [0.2, 0.25) is 0 Å². The molecule has 2 aromatic rings. The van der Waals surface area contributed by atoms with E-state index < -0.39 is 47.7 Å². The van der Waals surface area contributed by atoms with Crippen LogP contribution in [0.3, 0.4) is 0 Å². The number of nitrogens with one attached hydrogen (secondary N) is 1. The minimum atomic E-state index is -4.97. The van der Waals surface area contributed by atoms with Crippen LogP contribution in [0.2, 0.25) is 5.02 Å². The summed E-state index contributed by atoms with van der Waals surface area (Å²) in [6, 6.07) is 7.08. The Labute approximate surface area is 172 Å². The van der Waals surface area contributed by atoms with E-state index in [4.69, 9.17) is 30.9 Å². The lowest BCUT2D eigenvalue weighted by molar-refractivity contribution is -0.384. The van der Waals surface area contributed by atoms with Crippen molar-refractivity contribution < 1.29 is 41.9 Å². The summed E-state index contributed by atoms with van der Waals surface area (Å²) in [6.45, 7) is -0.497. The van der Waals surface area contributed by atoms with Crippen LogP contribution in [-0.4, -0.2) is 34.2 Å². The lowest BCUT2D eigenvalue weighted by atomic mass is 10.1. The van der Waals surface area contributed by atoms with Crippen molar-refractivity contribution in [3.63, 3.8) is 0 Å². The molecule has 0 amide bonds. The molecule has 164 valence electrons. The molecule has 0 aliphatic carbocycles. The van der Waals surface area contributed by atoms with Crippen LogP contribution < -0.4 is 14.8 Å². The lowest BCUT2D eigenvalue weighted by Crippen LogP contribution is -2.15. The summed E-state index contributed by atoms with van der Waals surface area (Å²) in [5.74, 6) is -0.368. The van der Waals surface area contributed by atoms with Gasteiger partial charge in [-0.3, -0.25) is 14.7 Å². The second-order valence-corrected chi connectivity index (χ2v) is 7.85. The molecule has 0 heterocycles. The average Bonchev–Trinajstić information content (AvgIpc) is 2.63. The number of rotatable bonds is 9. The zero-order valence-corrected chi connectivity index (χ0v) is 16.6. The molecule has 3 N–H and O–H groups in total. The minimum absolute atomic E-state index is 0.152. The van der Waals surface area contributed by atoms with Crippen molar-refractivity contribution in [2.75, 3.05) is 24.8 Å². The molecule has 30 heavy (non-hydrogen) atoms. The maximum Gasteiger partial charge on any atom is 0.420 e. The SMILES string of the molecule is O=[N+]([O-])c1cc(C(F)(F)F)c(OCCOc2ccc(Cl)cc2)cc1NCP(=O)(O)O. The fourth-order valence-electron chi connectivity index (χ4n) is 2.23. The summed E-state index contributed by atoms with van der Waals surface area (Å²) in [5.41, 5.74) is -2.96. The van der Waals surface area contributed by atoms with E-state index in [1.165, 1.54) is 0 Å². The Balaban J connectivity index is 2.22. The van der Waals surface area contributed by atoms with E-state index in [1.54, 1.807) is 24.3 Å². The van der Waals surface area contributed by atoms with E-state index in [0.717, 1.165) is 0 Å². The van der Waals surface area contributed by atoms with Gasteiger partial charge < -0.3 is 24.6 Å². The van der Waals surface area contributed by atoms with E-state index in [1.807, 2.05) is 0 Å². The van der Waals surface area contributed by atoms with Crippen LogP contribution in [0.15, 0.2) is 36.4 Å². The van der Waals surface area contributed by atoms with Gasteiger partial charge in [-0.15, -0.1) is 0 Å². The summed E-state index contributed by atoms with van der Waals surface area (Å²) < 4.78 is 61.3. The minimum Gasteiger partial charge on any atom is -0.490 e. The first-order chi connectivity index (χ1) is 13.9. The van der Waals surface area contributed by atoms with Gasteiger partial charge in [-0.1, -0.05) is 11.6 Å². The maximum atomic E-state index is 13.3. The van der Waals surface area contributed by atoms with Gasteiger partial charge in [-0.05, 0) is 24.3 Å². The Morgan fingerprint density at radius 1 is 1.13 bits per heavy atom. The molecule has 14 heteroatoms. The fourth-order valence-corrected chi connectivity index (χ4v) is 2.73. The Hall–Kier alpha value is -2.53. The summed E-state index contributed by atoms with van der Waals surface area (Å²) in [7, 11) is -4.63. The van der Waals surface area contributed by atoms with Crippen LogP contribution in [0.1, 0.15) is 5.56 Å². The summed E-state index contributed by atoms with van der Waals surface area (Å²) in [6.07, 6.45) is -5.99. The number of anilines is 1. The molecule has 0 aliphatic rings. The van der Waals surface area contributed by atoms with E-state index in [-0.39, 0.29) is 19.3 Å². The molecule has 0 aliphatic heterocycles. The topological polar surface area (TPSA) is 131 Å². The number of nitrogens with zero attached hydrogens (tertiary/aromatic N) is 1. The Kier molecular flexibility index (Phi) is 7.54. The second kappa shape index (κ2) is 9.52. The Morgan fingerprint density at radius 2 is 1.73 bits per heavy atom. The van der Waals surface area contributed by atoms with Crippen LogP contribution in [0, 0.1) is 10.1 Å². The first-order valence-corrected chi connectivity index (χ1v) is 10.2. The van der Waals surface area contributed by atoms with Crippen molar-refractivity contribution in [1.82, 2.24) is 0 Å². The molecular weight excluding hydrogens is 456 g/mol. The third-order valence-electron chi connectivity index (χ3n) is 3.50. The van der Waals surface area contributed by atoms with Crippen molar-refractivity contribution in [2.24, 2.45) is 0 Å². The first kappa shape index (κ1) is 23.7. The molecule has 0 fully saturated rings. The first-order valence-electron chi connectivity index (χ1n) is 8.06. The van der Waals surface area contributed by atoms with Crippen molar-refractivity contribution in [2.45, 2.75) is 6.18 Å². The Bertz CT molecular complexity index is 951. The van der Waals surface area contributed by atoms with E-state index in [9.17, 15) is 27.9 Å². The molecule has 0 aromatic heterocycles. The smallest absolute Gasteiger partial charge is 0.420 e. The van der Waals surface area contributed by atoms with E-state index in [0.29, 0.717) is 16.8 Å². The van der Waals surface area contributed by atoms with Gasteiger partial charge in [-0.25, -0.2) is 0 Å². The number of halogens is 4. The Morgan fingerprint density at radius 3 is 2.27 bits per heavy atom. The monoisotopic (exact) mass is 470 g/mol. The van der Waals surface area contributed by atoms with Gasteiger partial charge in [0, 0.05) is 17.2 Å². The van der Waals surface area contributed by atoms with Gasteiger partial charge in [0.25, 0.3) is 5.69 Å². The predicted octanol–water partition coefficient (Wildman–Crippen LogP) is 4.27. The molecule has 0 unspecified atom stereocenters. The van der Waals surface area contributed by atoms with Crippen molar-refractivity contribution in [3.05, 3.63) is 57.1 Å². The number of hydrogen-bond donors (Lipinski definition) is 3. The van der Waals surface area contributed by atoms with Gasteiger partial charge in [-0.2, -0.15) is 13.2 Å². The number of nitro benzene ring substituents is 1. The molecule has 0 atom stereocenters. The third kappa shape index (κ3) is 7.06. The zero-order chi connectivity index (χ0) is 22.5. The number of nitro groups is 1. The second-order valence-electron chi connectivity index (χ2n) is 5.77. The summed E-state index contributed by atoms with van der Waals surface area (Å²) in [5, 5.41) is 13.7. The van der Waals surface area contributed by atoms with Crippen LogP contribution in [-0.2, 0) is 10.7 Å². The number of benzene rings is 2.